The van der Waals surface area contributed by atoms with Crippen molar-refractivity contribution in [3.05, 3.63) is 24.3 Å². The van der Waals surface area contributed by atoms with Crippen molar-refractivity contribution in [3.8, 4) is 0 Å². The van der Waals surface area contributed by atoms with Crippen LogP contribution < -0.4 is 10.2 Å². The van der Waals surface area contributed by atoms with Crippen LogP contribution in [-0.2, 0) is 14.3 Å². The third-order valence-electron chi connectivity index (χ3n) is 4.41. The Morgan fingerprint density at radius 3 is 2.88 bits per heavy atom. The van der Waals surface area contributed by atoms with Gasteiger partial charge in [-0.1, -0.05) is 6.07 Å². The molecule has 1 N–H and O–H groups in total. The molecule has 0 unspecified atom stereocenters. The Hall–Kier alpha value is -2.77. The lowest BCUT2D eigenvalue weighted by Crippen LogP contribution is -2.44. The van der Waals surface area contributed by atoms with Gasteiger partial charge in [0.15, 0.2) is 0 Å². The zero-order valence-corrected chi connectivity index (χ0v) is 14.1. The fraction of sp³-hybridized carbons (Fsp3) is 0.471. The van der Waals surface area contributed by atoms with E-state index in [2.05, 4.69) is 5.32 Å². The van der Waals surface area contributed by atoms with Crippen molar-refractivity contribution >= 4 is 29.5 Å². The van der Waals surface area contributed by atoms with Crippen molar-refractivity contribution < 1.29 is 23.9 Å². The maximum absolute atomic E-state index is 12.5. The number of ether oxygens (including phenoxy) is 2. The molecule has 1 atom stereocenters. The van der Waals surface area contributed by atoms with Crippen LogP contribution in [-0.4, -0.2) is 56.3 Å². The first-order chi connectivity index (χ1) is 12.1. The molecule has 0 spiro atoms. The lowest BCUT2D eigenvalue weighted by molar-refractivity contribution is -0.146. The van der Waals surface area contributed by atoms with Crippen LogP contribution in [0.15, 0.2) is 24.3 Å². The summed E-state index contributed by atoms with van der Waals surface area (Å²) in [5.74, 6) is -0.567. The molecule has 0 bridgehead atoms. The number of methoxy groups -OCH3 is 1. The summed E-state index contributed by atoms with van der Waals surface area (Å²) in [6.07, 6.45) is 1.09. The number of hydrogen-bond acceptors (Lipinski definition) is 5. The average Bonchev–Trinajstić information content (AvgIpc) is 3.07. The molecule has 2 heterocycles. The second kappa shape index (κ2) is 7.42. The molecule has 3 amide bonds. The van der Waals surface area contributed by atoms with Crippen molar-refractivity contribution in [2.75, 3.05) is 43.6 Å². The van der Waals surface area contributed by atoms with Crippen molar-refractivity contribution in [1.29, 1.82) is 0 Å². The highest BCUT2D eigenvalue weighted by molar-refractivity contribution is 5.93. The highest BCUT2D eigenvalue weighted by Gasteiger charge is 2.29. The molecule has 0 saturated carbocycles. The van der Waals surface area contributed by atoms with Crippen molar-refractivity contribution in [2.45, 2.75) is 12.8 Å². The van der Waals surface area contributed by atoms with E-state index in [-0.39, 0.29) is 24.0 Å². The molecule has 2 aliphatic rings. The maximum Gasteiger partial charge on any atom is 0.414 e. The zero-order valence-electron chi connectivity index (χ0n) is 14.1. The van der Waals surface area contributed by atoms with Crippen LogP contribution in [0.4, 0.5) is 21.0 Å². The van der Waals surface area contributed by atoms with Crippen LogP contribution >= 0.6 is 0 Å². The Morgan fingerprint density at radius 1 is 1.32 bits per heavy atom. The van der Waals surface area contributed by atoms with E-state index in [1.165, 1.54) is 12.0 Å². The number of esters is 1. The van der Waals surface area contributed by atoms with Crippen LogP contribution in [0, 0.1) is 5.92 Å². The van der Waals surface area contributed by atoms with Gasteiger partial charge in [-0.25, -0.2) is 9.59 Å². The fourth-order valence-electron chi connectivity index (χ4n) is 3.10. The normalized spacial score (nSPS) is 20.2. The summed E-state index contributed by atoms with van der Waals surface area (Å²) in [6.45, 7) is 1.79. The van der Waals surface area contributed by atoms with Crippen LogP contribution in [0.2, 0.25) is 0 Å². The number of carbonyl (C=O) groups is 3. The van der Waals surface area contributed by atoms with Crippen molar-refractivity contribution in [1.82, 2.24) is 4.90 Å². The van der Waals surface area contributed by atoms with E-state index in [1.54, 1.807) is 29.2 Å². The van der Waals surface area contributed by atoms with E-state index in [0.29, 0.717) is 37.6 Å². The second-order valence-electron chi connectivity index (χ2n) is 6.05. The van der Waals surface area contributed by atoms with Gasteiger partial charge in [-0.05, 0) is 31.0 Å². The highest BCUT2D eigenvalue weighted by Crippen LogP contribution is 2.23. The van der Waals surface area contributed by atoms with E-state index in [0.717, 1.165) is 12.8 Å². The summed E-state index contributed by atoms with van der Waals surface area (Å²) in [6, 6.07) is 6.77. The summed E-state index contributed by atoms with van der Waals surface area (Å²) in [7, 11) is 1.36. The zero-order chi connectivity index (χ0) is 17.8. The molecule has 0 radical (unpaired) electrons. The van der Waals surface area contributed by atoms with Gasteiger partial charge >= 0.3 is 18.1 Å². The van der Waals surface area contributed by atoms with Gasteiger partial charge in [0, 0.05) is 24.5 Å². The summed E-state index contributed by atoms with van der Waals surface area (Å²) < 4.78 is 9.70. The Bertz CT molecular complexity index is 678. The molecule has 8 nitrogen and oxygen atoms in total. The molecular formula is C17H21N3O5. The minimum atomic E-state index is -0.388. The number of piperidine rings is 1. The van der Waals surface area contributed by atoms with Gasteiger partial charge in [-0.3, -0.25) is 9.69 Å². The molecule has 0 aromatic heterocycles. The van der Waals surface area contributed by atoms with E-state index >= 15 is 0 Å². The van der Waals surface area contributed by atoms with Gasteiger partial charge in [0.1, 0.15) is 6.61 Å². The van der Waals surface area contributed by atoms with Crippen LogP contribution in [0.5, 0.6) is 0 Å². The molecule has 25 heavy (non-hydrogen) atoms. The smallest absolute Gasteiger partial charge is 0.414 e. The summed E-state index contributed by atoms with van der Waals surface area (Å²) in [5.41, 5.74) is 1.26. The molecule has 134 valence electrons. The molecule has 0 aliphatic carbocycles. The number of benzene rings is 1. The number of rotatable bonds is 3. The average molecular weight is 347 g/mol. The lowest BCUT2D eigenvalue weighted by atomic mass is 9.98. The Labute approximate surface area is 145 Å². The number of urea groups is 1. The first kappa shape index (κ1) is 17.1. The molecule has 2 aliphatic heterocycles. The molecule has 8 heteroatoms. The number of hydrogen-bond donors (Lipinski definition) is 1. The van der Waals surface area contributed by atoms with Crippen LogP contribution in [0.25, 0.3) is 0 Å². The highest BCUT2D eigenvalue weighted by atomic mass is 16.6. The number of anilines is 2. The first-order valence-corrected chi connectivity index (χ1v) is 8.26. The summed E-state index contributed by atoms with van der Waals surface area (Å²) in [4.78, 5) is 38.9. The SMILES string of the molecule is COC(=O)[C@H]1CCCN(C(=O)Nc2cccc(N3CCOC3=O)c2)C1. The largest absolute Gasteiger partial charge is 0.469 e. The minimum absolute atomic E-state index is 0.269. The topological polar surface area (TPSA) is 88.2 Å². The lowest BCUT2D eigenvalue weighted by Gasteiger charge is -2.31. The fourth-order valence-corrected chi connectivity index (χ4v) is 3.10. The predicted molar refractivity (Wildman–Crippen MR) is 90.5 cm³/mol. The number of nitrogens with one attached hydrogen (secondary N) is 1. The van der Waals surface area contributed by atoms with E-state index < -0.39 is 0 Å². The number of amides is 3. The third-order valence-corrected chi connectivity index (χ3v) is 4.41. The predicted octanol–water partition coefficient (Wildman–Crippen LogP) is 2.06. The molecular weight excluding hydrogens is 326 g/mol. The van der Waals surface area contributed by atoms with Crippen molar-refractivity contribution in [2.24, 2.45) is 5.92 Å². The summed E-state index contributed by atoms with van der Waals surface area (Å²) >= 11 is 0. The molecule has 1 aromatic carbocycles. The quantitative estimate of drug-likeness (QED) is 0.846. The van der Waals surface area contributed by atoms with E-state index in [1.807, 2.05) is 0 Å². The van der Waals surface area contributed by atoms with Gasteiger partial charge in [0.05, 0.1) is 19.6 Å². The number of nitrogens with zero attached hydrogens (tertiary/aromatic N) is 2. The molecule has 2 saturated heterocycles. The van der Waals surface area contributed by atoms with Crippen LogP contribution in [0.3, 0.4) is 0 Å². The minimum Gasteiger partial charge on any atom is -0.469 e. The molecule has 3 rings (SSSR count). The monoisotopic (exact) mass is 347 g/mol. The van der Waals surface area contributed by atoms with Gasteiger partial charge < -0.3 is 19.7 Å². The number of likely N-dealkylation sites (tertiary alicyclic amines) is 1. The third kappa shape index (κ3) is 3.84. The van der Waals surface area contributed by atoms with Gasteiger partial charge in [-0.15, -0.1) is 0 Å². The Morgan fingerprint density at radius 2 is 2.16 bits per heavy atom. The molecule has 1 aromatic rings. The first-order valence-electron chi connectivity index (χ1n) is 8.26. The second-order valence-corrected chi connectivity index (χ2v) is 6.05. The number of cyclic esters (lactones) is 1. The summed E-state index contributed by atoms with van der Waals surface area (Å²) in [5, 5.41) is 2.82. The van der Waals surface area contributed by atoms with E-state index in [4.69, 9.17) is 9.47 Å². The Balaban J connectivity index is 1.64. The Kier molecular flexibility index (Phi) is 5.06. The van der Waals surface area contributed by atoms with E-state index in [9.17, 15) is 14.4 Å². The van der Waals surface area contributed by atoms with Gasteiger partial charge in [0.2, 0.25) is 0 Å². The maximum atomic E-state index is 12.5. The van der Waals surface area contributed by atoms with Gasteiger partial charge in [0.25, 0.3) is 0 Å². The standard InChI is InChI=1S/C17H21N3O5/c1-24-15(21)12-4-3-7-19(11-12)16(22)18-13-5-2-6-14(10-13)20-8-9-25-17(20)23/h2,5-6,10,12H,3-4,7-9,11H2,1H3,(H,18,22)/t12-/m0/s1. The number of carbonyl (C=O) groups excluding carboxylic acids is 3. The van der Waals surface area contributed by atoms with Crippen LogP contribution in [0.1, 0.15) is 12.8 Å². The van der Waals surface area contributed by atoms with Gasteiger partial charge in [-0.2, -0.15) is 0 Å². The molecule has 2 fully saturated rings. The van der Waals surface area contributed by atoms with Crippen molar-refractivity contribution in [3.63, 3.8) is 0 Å².